The number of nitrogens with zero attached hydrogens (tertiary/aromatic N) is 3. The van der Waals surface area contributed by atoms with Gasteiger partial charge in [0.15, 0.2) is 5.65 Å². The summed E-state index contributed by atoms with van der Waals surface area (Å²) in [4.78, 5) is 64.7. The van der Waals surface area contributed by atoms with Crippen LogP contribution in [-0.2, 0) is 6.54 Å². The Hall–Kier alpha value is -6.12. The van der Waals surface area contributed by atoms with Gasteiger partial charge in [0.1, 0.15) is 34.4 Å². The second-order valence-corrected chi connectivity index (χ2v) is 9.56. The number of carbonyl (C=O) groups excluding carboxylic acids is 2. The summed E-state index contributed by atoms with van der Waals surface area (Å²) in [5.74, 6) is -3.00. The number of carboxylic acids is 1. The number of nitrogens with one attached hydrogen (secondary N) is 3. The quantitative estimate of drug-likeness (QED) is 0.136. The molecule has 0 aliphatic heterocycles. The Morgan fingerprint density at radius 1 is 1.00 bits per heavy atom. The molecule has 0 radical (unpaired) electrons. The largest absolute Gasteiger partial charge is 0.478 e. The zero-order valence-corrected chi connectivity index (χ0v) is 22.3. The van der Waals surface area contributed by atoms with Gasteiger partial charge in [0, 0.05) is 18.7 Å². The number of nitrogen functional groups attached to an aromatic ring is 2. The van der Waals surface area contributed by atoms with Gasteiger partial charge in [-0.1, -0.05) is 18.2 Å². The van der Waals surface area contributed by atoms with Crippen LogP contribution in [0.3, 0.4) is 0 Å². The van der Waals surface area contributed by atoms with E-state index in [1.165, 1.54) is 40.9 Å². The Labute approximate surface area is 240 Å². The molecule has 0 bridgehead atoms. The standard InChI is InChI=1S/C28H23FN8O6/c1-12(14-3-5-15(6-4-14)28(42)43)33-27(41)19-9-18(34-21-10-20(30)36-37(19)21)26(40)32-11-13-2-7-16(29)17(8-13)35-23-22(31)24(38)25(23)39/h2-10,12,35H,11,31H2,1H3,(H2,30,36)(H,32,40)(H,33,41)(H,42,43)/t12-/m1/s1. The van der Waals surface area contributed by atoms with Crippen molar-refractivity contribution in [2.24, 2.45) is 0 Å². The van der Waals surface area contributed by atoms with Crippen LogP contribution in [0.25, 0.3) is 5.65 Å². The summed E-state index contributed by atoms with van der Waals surface area (Å²) in [6.07, 6.45) is 0. The molecule has 5 aromatic rings. The minimum Gasteiger partial charge on any atom is -0.478 e. The second kappa shape index (κ2) is 11.0. The lowest BCUT2D eigenvalue weighted by Crippen LogP contribution is -2.36. The molecule has 0 aliphatic carbocycles. The van der Waals surface area contributed by atoms with Crippen LogP contribution in [0.2, 0.25) is 0 Å². The molecule has 2 amide bonds. The molecule has 14 nitrogen and oxygen atoms in total. The molecule has 8 N–H and O–H groups in total. The Morgan fingerprint density at radius 3 is 2.40 bits per heavy atom. The SMILES string of the molecule is C[C@@H](NC(=O)c1cc(C(=O)NCc2ccc(F)c(Nc3c(N)c(=O)c3=O)c2)nc2cc(N)nn12)c1ccc(C(=O)O)cc1. The predicted molar refractivity (Wildman–Crippen MR) is 153 cm³/mol. The Balaban J connectivity index is 1.33. The van der Waals surface area contributed by atoms with Crippen molar-refractivity contribution in [1.82, 2.24) is 25.2 Å². The number of hydrogen-bond acceptors (Lipinski definition) is 10. The number of nitrogens with two attached hydrogens (primary N) is 2. The summed E-state index contributed by atoms with van der Waals surface area (Å²) in [6, 6.07) is 11.9. The highest BCUT2D eigenvalue weighted by atomic mass is 19.1. The van der Waals surface area contributed by atoms with Crippen LogP contribution in [0, 0.1) is 5.82 Å². The topological polar surface area (TPSA) is 224 Å². The fourth-order valence-corrected chi connectivity index (χ4v) is 4.26. The maximum absolute atomic E-state index is 14.3. The van der Waals surface area contributed by atoms with Crippen molar-refractivity contribution in [2.45, 2.75) is 19.5 Å². The molecule has 2 aromatic heterocycles. The molecule has 43 heavy (non-hydrogen) atoms. The summed E-state index contributed by atoms with van der Waals surface area (Å²) in [7, 11) is 0. The first kappa shape index (κ1) is 28.4. The van der Waals surface area contributed by atoms with E-state index in [0.29, 0.717) is 11.1 Å². The van der Waals surface area contributed by atoms with Gasteiger partial charge in [-0.05, 0) is 42.3 Å². The molecular formula is C28H23FN8O6. The van der Waals surface area contributed by atoms with Crippen molar-refractivity contribution in [3.8, 4) is 0 Å². The molecule has 15 heteroatoms. The van der Waals surface area contributed by atoms with Crippen LogP contribution in [0.15, 0.2) is 64.2 Å². The summed E-state index contributed by atoms with van der Waals surface area (Å²) in [6.45, 7) is 1.61. The third kappa shape index (κ3) is 5.58. The van der Waals surface area contributed by atoms with Crippen LogP contribution in [-0.4, -0.2) is 37.5 Å². The van der Waals surface area contributed by atoms with Gasteiger partial charge in [-0.25, -0.2) is 18.7 Å². The number of benzene rings is 2. The molecule has 3 aromatic carbocycles. The highest BCUT2D eigenvalue weighted by Crippen LogP contribution is 2.23. The number of carbonyl (C=O) groups is 3. The number of carboxylic acid groups (broad SMARTS) is 1. The van der Waals surface area contributed by atoms with Crippen molar-refractivity contribution in [3.05, 3.63) is 109 Å². The second-order valence-electron chi connectivity index (χ2n) is 9.56. The van der Waals surface area contributed by atoms with Gasteiger partial charge in [-0.2, -0.15) is 0 Å². The van der Waals surface area contributed by atoms with Gasteiger partial charge in [0.2, 0.25) is 0 Å². The van der Waals surface area contributed by atoms with Gasteiger partial charge >= 0.3 is 5.97 Å². The number of halogens is 1. The minimum atomic E-state index is -1.08. The molecule has 5 rings (SSSR count). The van der Waals surface area contributed by atoms with E-state index >= 15 is 0 Å². The maximum Gasteiger partial charge on any atom is 0.335 e. The number of amides is 2. The highest BCUT2D eigenvalue weighted by Gasteiger charge is 2.22. The molecule has 218 valence electrons. The van der Waals surface area contributed by atoms with Gasteiger partial charge < -0.3 is 32.5 Å². The third-order valence-electron chi connectivity index (χ3n) is 6.61. The zero-order chi connectivity index (χ0) is 31.0. The van der Waals surface area contributed by atoms with E-state index < -0.39 is 40.5 Å². The monoisotopic (exact) mass is 586 g/mol. The molecule has 0 aliphatic rings. The van der Waals surface area contributed by atoms with E-state index in [0.717, 1.165) is 6.07 Å². The lowest BCUT2D eigenvalue weighted by atomic mass is 10.1. The van der Waals surface area contributed by atoms with Gasteiger partial charge in [-0.3, -0.25) is 19.2 Å². The van der Waals surface area contributed by atoms with Gasteiger partial charge in [0.25, 0.3) is 22.7 Å². The number of hydrogen-bond donors (Lipinski definition) is 6. The smallest absolute Gasteiger partial charge is 0.335 e. The Morgan fingerprint density at radius 2 is 1.72 bits per heavy atom. The fourth-order valence-electron chi connectivity index (χ4n) is 4.26. The molecular weight excluding hydrogens is 563 g/mol. The number of aromatic carboxylic acids is 1. The van der Waals surface area contributed by atoms with Crippen LogP contribution < -0.4 is 38.3 Å². The lowest BCUT2D eigenvalue weighted by molar-refractivity contribution is 0.0696. The average molecular weight is 587 g/mol. The van der Waals surface area contributed by atoms with E-state index in [-0.39, 0.29) is 52.0 Å². The van der Waals surface area contributed by atoms with E-state index in [1.54, 1.807) is 19.1 Å². The van der Waals surface area contributed by atoms with E-state index in [1.807, 2.05) is 0 Å². The van der Waals surface area contributed by atoms with Crippen LogP contribution in [0.5, 0.6) is 0 Å². The predicted octanol–water partition coefficient (Wildman–Crippen LogP) is 1.49. The van der Waals surface area contributed by atoms with Crippen molar-refractivity contribution < 1.29 is 23.9 Å². The first-order valence-electron chi connectivity index (χ1n) is 12.7. The zero-order valence-electron chi connectivity index (χ0n) is 22.3. The molecule has 2 heterocycles. The van der Waals surface area contributed by atoms with Crippen LogP contribution in [0.4, 0.5) is 27.3 Å². The summed E-state index contributed by atoms with van der Waals surface area (Å²) in [5, 5.41) is 21.1. The molecule has 0 spiro atoms. The van der Waals surface area contributed by atoms with Crippen LogP contribution in [0.1, 0.15) is 55.4 Å². The average Bonchev–Trinajstić information content (AvgIpc) is 3.38. The highest BCUT2D eigenvalue weighted by molar-refractivity contribution is 5.98. The number of aromatic nitrogens is 3. The maximum atomic E-state index is 14.3. The molecule has 0 unspecified atom stereocenters. The number of rotatable bonds is 9. The van der Waals surface area contributed by atoms with Gasteiger partial charge in [-0.15, -0.1) is 5.10 Å². The molecule has 0 saturated heterocycles. The van der Waals surface area contributed by atoms with Crippen molar-refractivity contribution in [1.29, 1.82) is 0 Å². The fraction of sp³-hybridized carbons (Fsp3) is 0.107. The lowest BCUT2D eigenvalue weighted by Gasteiger charge is -2.15. The minimum absolute atomic E-state index is 0.0419. The summed E-state index contributed by atoms with van der Waals surface area (Å²) in [5.41, 5.74) is 10.1. The molecule has 0 saturated carbocycles. The summed E-state index contributed by atoms with van der Waals surface area (Å²) >= 11 is 0. The summed E-state index contributed by atoms with van der Waals surface area (Å²) < 4.78 is 15.5. The van der Waals surface area contributed by atoms with Crippen molar-refractivity contribution in [3.63, 3.8) is 0 Å². The Kier molecular flexibility index (Phi) is 7.29. The number of anilines is 4. The van der Waals surface area contributed by atoms with Crippen molar-refractivity contribution >= 4 is 46.3 Å². The molecule has 0 fully saturated rings. The third-order valence-corrected chi connectivity index (χ3v) is 6.61. The van der Waals surface area contributed by atoms with Crippen molar-refractivity contribution in [2.75, 3.05) is 16.8 Å². The van der Waals surface area contributed by atoms with E-state index in [2.05, 4.69) is 26.0 Å². The normalized spacial score (nSPS) is 11.8. The van der Waals surface area contributed by atoms with E-state index in [9.17, 15) is 28.4 Å². The Bertz CT molecular complexity index is 2000. The first-order valence-corrected chi connectivity index (χ1v) is 12.7. The van der Waals surface area contributed by atoms with E-state index in [4.69, 9.17) is 16.6 Å². The van der Waals surface area contributed by atoms with Crippen LogP contribution >= 0.6 is 0 Å². The number of fused-ring (bicyclic) bond motifs is 1. The molecule has 1 atom stereocenters. The first-order chi connectivity index (χ1) is 20.4. The van der Waals surface area contributed by atoms with Gasteiger partial charge in [0.05, 0.1) is 17.3 Å².